The summed E-state index contributed by atoms with van der Waals surface area (Å²) >= 11 is 0. The number of amides is 3. The molecular weight excluding hydrogens is 623 g/mol. The van der Waals surface area contributed by atoms with Crippen molar-refractivity contribution in [2.75, 3.05) is 27.2 Å². The SMILES string of the molecule is CNC(=O)c1ccc2c(c1)CCc1cc(C(=O)NC)ccc1C2(C[C@H](C)NCC(=O)N1CCCC1C#N)c1nc(-c2ccc(F)cc2)n[nH]1. The van der Waals surface area contributed by atoms with Gasteiger partial charge < -0.3 is 20.9 Å². The van der Waals surface area contributed by atoms with Gasteiger partial charge in [0.25, 0.3) is 11.8 Å². The average Bonchev–Trinajstić information content (AvgIpc) is 3.80. The van der Waals surface area contributed by atoms with Crippen molar-refractivity contribution in [1.29, 1.82) is 5.26 Å². The van der Waals surface area contributed by atoms with Crippen molar-refractivity contribution in [3.63, 3.8) is 0 Å². The lowest BCUT2D eigenvalue weighted by molar-refractivity contribution is -0.130. The number of rotatable bonds is 9. The van der Waals surface area contributed by atoms with Gasteiger partial charge in [0, 0.05) is 43.4 Å². The van der Waals surface area contributed by atoms with E-state index in [9.17, 15) is 24.0 Å². The topological polar surface area (TPSA) is 156 Å². The number of nitrogens with one attached hydrogen (secondary N) is 4. The molecule has 11 nitrogen and oxygen atoms in total. The van der Waals surface area contributed by atoms with Gasteiger partial charge in [0.1, 0.15) is 17.7 Å². The number of nitrogens with zero attached hydrogens (tertiary/aromatic N) is 4. The molecule has 4 N–H and O–H groups in total. The second kappa shape index (κ2) is 14.0. The first-order valence-corrected chi connectivity index (χ1v) is 16.5. The fourth-order valence-corrected chi connectivity index (χ4v) is 7.27. The van der Waals surface area contributed by atoms with Crippen molar-refractivity contribution in [2.24, 2.45) is 0 Å². The Morgan fingerprint density at radius 3 is 2.18 bits per heavy atom. The van der Waals surface area contributed by atoms with Gasteiger partial charge in [-0.1, -0.05) is 12.1 Å². The second-order valence-electron chi connectivity index (χ2n) is 12.7. The Morgan fingerprint density at radius 1 is 1.00 bits per heavy atom. The molecule has 49 heavy (non-hydrogen) atoms. The third-order valence-electron chi connectivity index (χ3n) is 9.70. The molecule has 3 aromatic carbocycles. The van der Waals surface area contributed by atoms with Crippen LogP contribution in [0.4, 0.5) is 4.39 Å². The smallest absolute Gasteiger partial charge is 0.251 e. The molecule has 3 amide bonds. The summed E-state index contributed by atoms with van der Waals surface area (Å²) < 4.78 is 13.8. The molecule has 1 unspecified atom stereocenters. The quantitative estimate of drug-likeness (QED) is 0.213. The molecule has 0 saturated carbocycles. The molecule has 1 fully saturated rings. The summed E-state index contributed by atoms with van der Waals surface area (Å²) in [7, 11) is 3.19. The fourth-order valence-electron chi connectivity index (χ4n) is 7.27. The molecule has 0 spiro atoms. The zero-order valence-electron chi connectivity index (χ0n) is 27.8. The molecule has 1 aliphatic carbocycles. The summed E-state index contributed by atoms with van der Waals surface area (Å²) in [5, 5.41) is 26.2. The minimum absolute atomic E-state index is 0.0532. The number of halogens is 1. The van der Waals surface area contributed by atoms with Gasteiger partial charge in [-0.15, -0.1) is 0 Å². The van der Waals surface area contributed by atoms with Gasteiger partial charge in [-0.2, -0.15) is 10.4 Å². The number of aryl methyl sites for hydroxylation is 2. The van der Waals surface area contributed by atoms with Gasteiger partial charge in [-0.3, -0.25) is 19.5 Å². The Balaban J connectivity index is 1.50. The number of hydrogen-bond donors (Lipinski definition) is 4. The lowest BCUT2D eigenvalue weighted by Gasteiger charge is -2.37. The van der Waals surface area contributed by atoms with Gasteiger partial charge >= 0.3 is 0 Å². The van der Waals surface area contributed by atoms with E-state index in [4.69, 9.17) is 4.98 Å². The van der Waals surface area contributed by atoms with Crippen LogP contribution in [0.15, 0.2) is 60.7 Å². The molecule has 12 heteroatoms. The van der Waals surface area contributed by atoms with E-state index in [0.29, 0.717) is 60.6 Å². The number of H-pyrrole nitrogens is 1. The standard InChI is InChI=1S/C37H39FN8O3/c1-22(42-21-32(47)46-16-4-5-29(46)20-39)19-37(36-43-33(44-45-36)23-8-12-28(38)13-9-23)30-14-10-26(34(48)40-2)17-24(30)6-7-25-18-27(35(49)41-3)11-15-31(25)37/h8-15,17-18,22,29,42H,4-7,16,19,21H2,1-3H3,(H,40,48)(H,41,49)(H,43,44,45)/t22-,29?/m0/s1. The summed E-state index contributed by atoms with van der Waals surface area (Å²) in [6.45, 7) is 2.61. The minimum Gasteiger partial charge on any atom is -0.355 e. The normalized spacial score (nSPS) is 16.9. The maximum atomic E-state index is 13.8. The van der Waals surface area contributed by atoms with Gasteiger partial charge in [0.15, 0.2) is 5.82 Å². The Kier molecular flexibility index (Phi) is 9.56. The largest absolute Gasteiger partial charge is 0.355 e. The fraction of sp³-hybridized carbons (Fsp3) is 0.351. The summed E-state index contributed by atoms with van der Waals surface area (Å²) in [5.74, 6) is 0.00266. The van der Waals surface area contributed by atoms with E-state index in [1.54, 1.807) is 43.3 Å². The van der Waals surface area contributed by atoms with Gasteiger partial charge in [-0.05, 0) is 110 Å². The number of aromatic amines is 1. The predicted octanol–water partition coefficient (Wildman–Crippen LogP) is 3.65. The predicted molar refractivity (Wildman–Crippen MR) is 181 cm³/mol. The number of nitriles is 1. The van der Waals surface area contributed by atoms with Crippen LogP contribution in [-0.2, 0) is 23.1 Å². The van der Waals surface area contributed by atoms with Gasteiger partial charge in [-0.25, -0.2) is 9.37 Å². The molecule has 0 bridgehead atoms. The number of carbonyl (C=O) groups excluding carboxylic acids is 3. The van der Waals surface area contributed by atoms with Gasteiger partial charge in [0.2, 0.25) is 5.91 Å². The molecule has 6 rings (SSSR count). The molecule has 0 radical (unpaired) electrons. The van der Waals surface area contributed by atoms with Crippen molar-refractivity contribution < 1.29 is 18.8 Å². The van der Waals surface area contributed by atoms with E-state index in [0.717, 1.165) is 28.7 Å². The molecule has 252 valence electrons. The number of hydrogen-bond acceptors (Lipinski definition) is 7. The van der Waals surface area contributed by atoms with Crippen molar-refractivity contribution in [3.05, 3.63) is 106 Å². The lowest BCUT2D eigenvalue weighted by atomic mass is 9.67. The van der Waals surface area contributed by atoms with Crippen molar-refractivity contribution in [2.45, 2.75) is 56.5 Å². The van der Waals surface area contributed by atoms with E-state index in [-0.39, 0.29) is 36.1 Å². The highest BCUT2D eigenvalue weighted by molar-refractivity contribution is 5.95. The van der Waals surface area contributed by atoms with Crippen LogP contribution in [0, 0.1) is 17.1 Å². The third-order valence-corrected chi connectivity index (χ3v) is 9.70. The molecular formula is C37H39FN8O3. The Bertz CT molecular complexity index is 1860. The maximum absolute atomic E-state index is 13.8. The molecule has 2 aliphatic rings. The van der Waals surface area contributed by atoms with Crippen LogP contribution in [0.1, 0.15) is 75.0 Å². The summed E-state index contributed by atoms with van der Waals surface area (Å²) in [6, 6.07) is 18.8. The van der Waals surface area contributed by atoms with Crippen LogP contribution >= 0.6 is 0 Å². The van der Waals surface area contributed by atoms with Crippen LogP contribution in [0.2, 0.25) is 0 Å². The summed E-state index contributed by atoms with van der Waals surface area (Å²) in [5.41, 5.74) is 4.40. The Hall–Kier alpha value is -5.41. The molecule has 4 aromatic rings. The summed E-state index contributed by atoms with van der Waals surface area (Å²) in [6.07, 6.45) is 3.07. The monoisotopic (exact) mass is 662 g/mol. The van der Waals surface area contributed by atoms with Crippen molar-refractivity contribution in [3.8, 4) is 17.5 Å². The van der Waals surface area contributed by atoms with Crippen LogP contribution in [0.5, 0.6) is 0 Å². The van der Waals surface area contributed by atoms with Crippen LogP contribution in [0.3, 0.4) is 0 Å². The molecule has 1 saturated heterocycles. The molecule has 2 atom stereocenters. The highest BCUT2D eigenvalue weighted by Crippen LogP contribution is 2.47. The Labute approximate surface area is 284 Å². The number of carbonyl (C=O) groups is 3. The van der Waals surface area contributed by atoms with Crippen molar-refractivity contribution >= 4 is 17.7 Å². The number of aromatic nitrogens is 3. The average molecular weight is 663 g/mol. The van der Waals surface area contributed by atoms with E-state index in [1.165, 1.54) is 12.1 Å². The van der Waals surface area contributed by atoms with Crippen LogP contribution < -0.4 is 16.0 Å². The first kappa shape index (κ1) is 33.5. The van der Waals surface area contributed by atoms with E-state index >= 15 is 0 Å². The number of likely N-dealkylation sites (tertiary alicyclic amines) is 1. The minimum atomic E-state index is -0.979. The van der Waals surface area contributed by atoms with Crippen LogP contribution in [0.25, 0.3) is 11.4 Å². The number of benzene rings is 3. The van der Waals surface area contributed by atoms with E-state index in [1.807, 2.05) is 31.2 Å². The third kappa shape index (κ3) is 6.41. The molecule has 2 heterocycles. The Morgan fingerprint density at radius 2 is 1.61 bits per heavy atom. The zero-order chi connectivity index (χ0) is 34.7. The van der Waals surface area contributed by atoms with E-state index < -0.39 is 11.5 Å². The zero-order valence-corrected chi connectivity index (χ0v) is 27.8. The number of fused-ring (bicyclic) bond motifs is 2. The first-order chi connectivity index (χ1) is 23.7. The molecule has 1 aliphatic heterocycles. The molecule has 1 aromatic heterocycles. The highest BCUT2D eigenvalue weighted by atomic mass is 19.1. The maximum Gasteiger partial charge on any atom is 0.251 e. The van der Waals surface area contributed by atoms with E-state index in [2.05, 4.69) is 32.2 Å². The highest BCUT2D eigenvalue weighted by Gasteiger charge is 2.45. The first-order valence-electron chi connectivity index (χ1n) is 16.5. The van der Waals surface area contributed by atoms with Gasteiger partial charge in [0.05, 0.1) is 18.0 Å². The van der Waals surface area contributed by atoms with Crippen LogP contribution in [-0.4, -0.2) is 77.1 Å². The van der Waals surface area contributed by atoms with Crippen molar-refractivity contribution in [1.82, 2.24) is 36.0 Å². The summed E-state index contributed by atoms with van der Waals surface area (Å²) in [4.78, 5) is 45.5. The lowest BCUT2D eigenvalue weighted by Crippen LogP contribution is -2.45. The second-order valence-corrected chi connectivity index (χ2v) is 12.7.